The molecule has 1 saturated heterocycles. The van der Waals surface area contributed by atoms with Crippen molar-refractivity contribution < 1.29 is 14.3 Å². The minimum absolute atomic E-state index is 0.227. The summed E-state index contributed by atoms with van der Waals surface area (Å²) in [6.45, 7) is 1.93. The van der Waals surface area contributed by atoms with Crippen LogP contribution in [-0.2, 0) is 14.3 Å². The van der Waals surface area contributed by atoms with Gasteiger partial charge in [-0.25, -0.2) is 0 Å². The summed E-state index contributed by atoms with van der Waals surface area (Å²) in [6.07, 6.45) is 2.09. The first-order valence-electron chi connectivity index (χ1n) is 4.04. The maximum atomic E-state index is 11.0. The molecule has 0 bridgehead atoms. The highest BCUT2D eigenvalue weighted by Crippen LogP contribution is 2.32. The van der Waals surface area contributed by atoms with Crippen LogP contribution in [0.4, 0.5) is 0 Å². The second-order valence-corrected chi connectivity index (χ2v) is 3.30. The van der Waals surface area contributed by atoms with Crippen molar-refractivity contribution in [1.29, 1.82) is 0 Å². The normalized spacial score (nSPS) is 38.4. The summed E-state index contributed by atoms with van der Waals surface area (Å²) in [5.74, 6) is 0.315. The van der Waals surface area contributed by atoms with Gasteiger partial charge >= 0.3 is 0 Å². The van der Waals surface area contributed by atoms with E-state index in [1.165, 1.54) is 0 Å². The van der Waals surface area contributed by atoms with E-state index in [1.54, 1.807) is 0 Å². The van der Waals surface area contributed by atoms with Crippen LogP contribution in [-0.4, -0.2) is 31.2 Å². The lowest BCUT2D eigenvalue weighted by Crippen LogP contribution is -2.40. The van der Waals surface area contributed by atoms with Crippen LogP contribution in [0.3, 0.4) is 0 Å². The Labute approximate surface area is 65.7 Å². The van der Waals surface area contributed by atoms with Crippen LogP contribution in [0, 0.1) is 0 Å². The van der Waals surface area contributed by atoms with Crippen LogP contribution in [0.25, 0.3) is 0 Å². The summed E-state index contributed by atoms with van der Waals surface area (Å²) in [5.41, 5.74) is -0.227. The molecule has 1 aliphatic heterocycles. The molecule has 11 heavy (non-hydrogen) atoms. The molecule has 2 fully saturated rings. The van der Waals surface area contributed by atoms with Crippen LogP contribution < -0.4 is 0 Å². The van der Waals surface area contributed by atoms with Gasteiger partial charge in [0.25, 0.3) is 0 Å². The van der Waals surface area contributed by atoms with Crippen LogP contribution in [0.5, 0.6) is 0 Å². The predicted molar refractivity (Wildman–Crippen MR) is 38.4 cm³/mol. The Balaban J connectivity index is 2.03. The molecule has 0 aromatic rings. The number of ketones is 1. The van der Waals surface area contributed by atoms with Crippen molar-refractivity contribution in [2.45, 2.75) is 24.9 Å². The molecule has 1 unspecified atom stereocenters. The van der Waals surface area contributed by atoms with Crippen molar-refractivity contribution in [2.24, 2.45) is 0 Å². The second-order valence-electron chi connectivity index (χ2n) is 3.30. The van der Waals surface area contributed by atoms with E-state index in [0.29, 0.717) is 38.4 Å². The van der Waals surface area contributed by atoms with Crippen LogP contribution in [0.1, 0.15) is 19.3 Å². The first-order chi connectivity index (χ1) is 5.31. The van der Waals surface area contributed by atoms with Gasteiger partial charge in [0.15, 0.2) is 0 Å². The highest BCUT2D eigenvalue weighted by molar-refractivity contribution is 5.82. The Morgan fingerprint density at radius 3 is 2.82 bits per heavy atom. The number of hydrogen-bond donors (Lipinski definition) is 0. The van der Waals surface area contributed by atoms with Gasteiger partial charge in [0.05, 0.1) is 25.4 Å². The lowest BCUT2D eigenvalue weighted by atomic mass is 10.0. The van der Waals surface area contributed by atoms with E-state index in [1.807, 2.05) is 0 Å². The summed E-state index contributed by atoms with van der Waals surface area (Å²) in [5, 5.41) is 0. The van der Waals surface area contributed by atoms with Gasteiger partial charge in [-0.15, -0.1) is 0 Å². The Morgan fingerprint density at radius 1 is 1.36 bits per heavy atom. The molecule has 1 heterocycles. The van der Waals surface area contributed by atoms with Gasteiger partial charge in [0.1, 0.15) is 5.78 Å². The second kappa shape index (κ2) is 2.57. The van der Waals surface area contributed by atoms with Gasteiger partial charge in [-0.2, -0.15) is 0 Å². The molecule has 3 heteroatoms. The summed E-state index contributed by atoms with van der Waals surface area (Å²) in [6, 6.07) is 0. The quantitative estimate of drug-likeness (QED) is 0.513. The van der Waals surface area contributed by atoms with E-state index in [4.69, 9.17) is 9.47 Å². The first-order valence-corrected chi connectivity index (χ1v) is 4.04. The SMILES string of the molecule is O=C1CCC2(COCCO2)C1. The largest absolute Gasteiger partial charge is 0.376 e. The van der Waals surface area contributed by atoms with Crippen molar-refractivity contribution in [3.05, 3.63) is 0 Å². The fourth-order valence-electron chi connectivity index (χ4n) is 1.77. The Morgan fingerprint density at radius 2 is 2.27 bits per heavy atom. The lowest BCUT2D eigenvalue weighted by Gasteiger charge is -2.32. The number of hydrogen-bond acceptors (Lipinski definition) is 3. The molecule has 0 radical (unpaired) electrons. The maximum Gasteiger partial charge on any atom is 0.135 e. The smallest absolute Gasteiger partial charge is 0.135 e. The molecular formula is C8H12O3. The number of ether oxygens (including phenoxy) is 2. The molecule has 3 nitrogen and oxygen atoms in total. The fourth-order valence-corrected chi connectivity index (χ4v) is 1.77. The van der Waals surface area contributed by atoms with Crippen molar-refractivity contribution >= 4 is 5.78 Å². The number of Topliss-reactive ketones (excluding diaryl/α,β-unsaturated/α-hetero) is 1. The molecule has 0 amide bonds. The average Bonchev–Trinajstić information content (AvgIpc) is 2.34. The van der Waals surface area contributed by atoms with E-state index in [-0.39, 0.29) is 5.60 Å². The van der Waals surface area contributed by atoms with Crippen molar-refractivity contribution in [3.63, 3.8) is 0 Å². The van der Waals surface area contributed by atoms with E-state index in [2.05, 4.69) is 0 Å². The van der Waals surface area contributed by atoms with Crippen LogP contribution in [0.2, 0.25) is 0 Å². The third kappa shape index (κ3) is 1.30. The molecule has 0 N–H and O–H groups in total. The predicted octanol–water partition coefficient (Wildman–Crippen LogP) is 0.525. The van der Waals surface area contributed by atoms with Gasteiger partial charge in [-0.1, -0.05) is 0 Å². The molecule has 2 aliphatic rings. The van der Waals surface area contributed by atoms with Crippen molar-refractivity contribution in [2.75, 3.05) is 19.8 Å². The van der Waals surface area contributed by atoms with Crippen LogP contribution >= 0.6 is 0 Å². The van der Waals surface area contributed by atoms with Crippen LogP contribution in [0.15, 0.2) is 0 Å². The van der Waals surface area contributed by atoms with Gasteiger partial charge in [-0.05, 0) is 6.42 Å². The van der Waals surface area contributed by atoms with Crippen molar-refractivity contribution in [3.8, 4) is 0 Å². The number of rotatable bonds is 0. The lowest BCUT2D eigenvalue weighted by molar-refractivity contribution is -0.155. The molecule has 1 atom stereocenters. The van der Waals surface area contributed by atoms with E-state index >= 15 is 0 Å². The van der Waals surface area contributed by atoms with Crippen molar-refractivity contribution in [1.82, 2.24) is 0 Å². The summed E-state index contributed by atoms with van der Waals surface area (Å²) < 4.78 is 10.8. The molecule has 1 saturated carbocycles. The van der Waals surface area contributed by atoms with E-state index in [0.717, 1.165) is 6.42 Å². The molecule has 0 aromatic heterocycles. The Hall–Kier alpha value is -0.410. The molecule has 1 aliphatic carbocycles. The zero-order valence-electron chi connectivity index (χ0n) is 6.47. The monoisotopic (exact) mass is 156 g/mol. The fraction of sp³-hybridized carbons (Fsp3) is 0.875. The molecule has 62 valence electrons. The highest BCUT2D eigenvalue weighted by Gasteiger charge is 2.41. The maximum absolute atomic E-state index is 11.0. The Kier molecular flexibility index (Phi) is 1.69. The zero-order valence-corrected chi connectivity index (χ0v) is 6.47. The van der Waals surface area contributed by atoms with Gasteiger partial charge in [0, 0.05) is 12.8 Å². The van der Waals surface area contributed by atoms with Gasteiger partial charge in [0.2, 0.25) is 0 Å². The van der Waals surface area contributed by atoms with Gasteiger partial charge < -0.3 is 9.47 Å². The topological polar surface area (TPSA) is 35.5 Å². The standard InChI is InChI=1S/C8H12O3/c9-7-1-2-8(5-7)6-10-3-4-11-8/h1-6H2. The molecule has 0 aromatic carbocycles. The minimum atomic E-state index is -0.227. The third-order valence-electron chi connectivity index (χ3n) is 2.38. The minimum Gasteiger partial charge on any atom is -0.376 e. The summed E-state index contributed by atoms with van der Waals surface area (Å²) in [4.78, 5) is 11.0. The summed E-state index contributed by atoms with van der Waals surface area (Å²) in [7, 11) is 0. The number of carbonyl (C=O) groups is 1. The first kappa shape index (κ1) is 7.25. The third-order valence-corrected chi connectivity index (χ3v) is 2.38. The summed E-state index contributed by atoms with van der Waals surface area (Å²) >= 11 is 0. The average molecular weight is 156 g/mol. The molecule has 2 rings (SSSR count). The molecular weight excluding hydrogens is 144 g/mol. The Bertz CT molecular complexity index is 170. The van der Waals surface area contributed by atoms with Gasteiger partial charge in [-0.3, -0.25) is 4.79 Å². The van der Waals surface area contributed by atoms with E-state index in [9.17, 15) is 4.79 Å². The molecule has 1 spiro atoms. The number of carbonyl (C=O) groups excluding carboxylic acids is 1. The van der Waals surface area contributed by atoms with E-state index < -0.39 is 0 Å². The zero-order chi connectivity index (χ0) is 7.73. The highest BCUT2D eigenvalue weighted by atomic mass is 16.6.